The largest absolute Gasteiger partial charge is 0.396 e. The number of unbranched alkanes of at least 4 members (excludes halogenated alkanes) is 3. The van der Waals surface area contributed by atoms with E-state index in [0.29, 0.717) is 6.61 Å². The van der Waals surface area contributed by atoms with E-state index in [1.807, 2.05) is 30.3 Å². The van der Waals surface area contributed by atoms with Crippen LogP contribution in [-0.2, 0) is 0 Å². The van der Waals surface area contributed by atoms with Crippen LogP contribution in [0.2, 0.25) is 0 Å². The minimum atomic E-state index is 0. The quantitative estimate of drug-likeness (QED) is 0.655. The first kappa shape index (κ1) is 16.8. The zero-order valence-electron chi connectivity index (χ0n) is 8.65. The molecule has 0 fully saturated rings. The van der Waals surface area contributed by atoms with Crippen molar-refractivity contribution >= 4 is 0 Å². The van der Waals surface area contributed by atoms with Crippen molar-refractivity contribution < 1.29 is 42.0 Å². The van der Waals surface area contributed by atoms with E-state index in [4.69, 9.17) is 5.11 Å². The van der Waals surface area contributed by atoms with Gasteiger partial charge in [-0.05, 0) is 6.42 Å². The van der Waals surface area contributed by atoms with Gasteiger partial charge in [-0.1, -0.05) is 26.2 Å². The van der Waals surface area contributed by atoms with Gasteiger partial charge in [0.1, 0.15) is 0 Å². The molecule has 0 saturated heterocycles. The Morgan fingerprint density at radius 2 is 1.64 bits per heavy atom. The molecule has 1 nitrogen and oxygen atoms in total. The van der Waals surface area contributed by atoms with Gasteiger partial charge in [0.15, 0.2) is 0 Å². The van der Waals surface area contributed by atoms with E-state index in [0.717, 1.165) is 6.42 Å². The smallest absolute Gasteiger partial charge is 0.0431 e. The molecule has 0 atom stereocenters. The van der Waals surface area contributed by atoms with Crippen molar-refractivity contribution in [1.29, 1.82) is 0 Å². The van der Waals surface area contributed by atoms with E-state index >= 15 is 0 Å². The summed E-state index contributed by atoms with van der Waals surface area (Å²) in [6.07, 6.45) is 4.68. The van der Waals surface area contributed by atoms with Gasteiger partial charge in [-0.25, -0.2) is 0 Å². The molecule has 0 aliphatic carbocycles. The van der Waals surface area contributed by atoms with E-state index in [9.17, 15) is 0 Å². The van der Waals surface area contributed by atoms with Crippen molar-refractivity contribution in [2.75, 3.05) is 6.61 Å². The van der Waals surface area contributed by atoms with Gasteiger partial charge in [0.05, 0.1) is 0 Å². The van der Waals surface area contributed by atoms with Crippen LogP contribution in [0.5, 0.6) is 0 Å². The molecule has 87 valence electrons. The SMILES string of the molecule is CCCCCCO.[Tm].[c-]1ccccc1. The molecule has 1 aromatic carbocycles. The summed E-state index contributed by atoms with van der Waals surface area (Å²) in [4.78, 5) is 0. The molecular formula is C12H19OTm-. The molecular weight excluding hydrogens is 329 g/mol. The summed E-state index contributed by atoms with van der Waals surface area (Å²) in [5, 5.41) is 8.29. The maximum absolute atomic E-state index is 8.29. The average molecular weight is 348 g/mol. The van der Waals surface area contributed by atoms with Crippen LogP contribution >= 0.6 is 0 Å². The van der Waals surface area contributed by atoms with Crippen LogP contribution in [0.4, 0.5) is 0 Å². The third-order valence-electron chi connectivity index (χ3n) is 1.62. The van der Waals surface area contributed by atoms with Crippen LogP contribution in [0.15, 0.2) is 30.3 Å². The maximum atomic E-state index is 8.29. The van der Waals surface area contributed by atoms with Crippen LogP contribution in [0.25, 0.3) is 0 Å². The first-order valence-electron chi connectivity index (χ1n) is 4.93. The van der Waals surface area contributed by atoms with Gasteiger partial charge in [0.2, 0.25) is 0 Å². The van der Waals surface area contributed by atoms with Crippen LogP contribution in [-0.4, -0.2) is 11.7 Å². The van der Waals surface area contributed by atoms with E-state index in [1.54, 1.807) is 0 Å². The van der Waals surface area contributed by atoms with Gasteiger partial charge in [0.25, 0.3) is 0 Å². The minimum absolute atomic E-state index is 0. The van der Waals surface area contributed by atoms with Crippen molar-refractivity contribution in [1.82, 2.24) is 0 Å². The molecule has 0 aliphatic heterocycles. The molecule has 1 radical (unpaired) electrons. The number of rotatable bonds is 4. The second-order valence-electron chi connectivity index (χ2n) is 2.86. The minimum Gasteiger partial charge on any atom is -0.396 e. The third-order valence-corrected chi connectivity index (χ3v) is 1.62. The average Bonchev–Trinajstić information content (AvgIpc) is 2.22. The van der Waals surface area contributed by atoms with Gasteiger partial charge in [-0.3, -0.25) is 0 Å². The Morgan fingerprint density at radius 3 is 1.93 bits per heavy atom. The molecule has 0 spiro atoms. The van der Waals surface area contributed by atoms with Crippen molar-refractivity contribution in [3.63, 3.8) is 0 Å². The zero-order chi connectivity index (χ0) is 9.78. The van der Waals surface area contributed by atoms with Crippen molar-refractivity contribution in [3.8, 4) is 0 Å². The van der Waals surface area contributed by atoms with E-state index in [1.165, 1.54) is 19.3 Å². The van der Waals surface area contributed by atoms with Crippen molar-refractivity contribution in [2.45, 2.75) is 32.6 Å². The summed E-state index contributed by atoms with van der Waals surface area (Å²) < 4.78 is 0. The Kier molecular flexibility index (Phi) is 19.1. The van der Waals surface area contributed by atoms with Crippen molar-refractivity contribution in [2.24, 2.45) is 0 Å². The Hall–Kier alpha value is 0.414. The Labute approximate surface area is 117 Å². The van der Waals surface area contributed by atoms with Crippen LogP contribution in [0, 0.1) is 42.9 Å². The van der Waals surface area contributed by atoms with Crippen LogP contribution < -0.4 is 0 Å². The molecule has 1 N–H and O–H groups in total. The number of aliphatic hydroxyl groups excluding tert-OH is 1. The van der Waals surface area contributed by atoms with Gasteiger partial charge < -0.3 is 5.11 Å². The molecule has 0 amide bonds. The van der Waals surface area contributed by atoms with E-state index in [2.05, 4.69) is 13.0 Å². The van der Waals surface area contributed by atoms with Crippen LogP contribution in [0.1, 0.15) is 32.6 Å². The first-order chi connectivity index (χ1) is 6.41. The Morgan fingerprint density at radius 1 is 1.00 bits per heavy atom. The topological polar surface area (TPSA) is 20.2 Å². The predicted octanol–water partition coefficient (Wildman–Crippen LogP) is 3.05. The number of hydrogen-bond acceptors (Lipinski definition) is 1. The molecule has 0 heterocycles. The summed E-state index contributed by atoms with van der Waals surface area (Å²) >= 11 is 0. The van der Waals surface area contributed by atoms with Gasteiger partial charge in [-0.2, -0.15) is 36.4 Å². The summed E-state index contributed by atoms with van der Waals surface area (Å²) in [5.41, 5.74) is 0. The first-order valence-corrected chi connectivity index (χ1v) is 4.93. The van der Waals surface area contributed by atoms with Crippen molar-refractivity contribution in [3.05, 3.63) is 36.4 Å². The molecule has 0 saturated carbocycles. The zero-order valence-corrected chi connectivity index (χ0v) is 10.4. The summed E-state index contributed by atoms with van der Waals surface area (Å²) in [6, 6.07) is 12.5. The Bertz CT molecular complexity index is 135. The Balaban J connectivity index is 0. The molecule has 2 heteroatoms. The monoisotopic (exact) mass is 348 g/mol. The number of benzene rings is 1. The predicted molar refractivity (Wildman–Crippen MR) is 56.5 cm³/mol. The molecule has 1 aromatic rings. The fourth-order valence-electron chi connectivity index (χ4n) is 0.881. The second-order valence-corrected chi connectivity index (χ2v) is 2.86. The summed E-state index contributed by atoms with van der Waals surface area (Å²) in [6.45, 7) is 2.53. The standard InChI is InChI=1S/C6H14O.C6H5.Tm/c1-2-3-4-5-6-7;1-2-4-6-5-3-1;/h7H,2-6H2,1H3;1-5H;/q;-1;. The summed E-state index contributed by atoms with van der Waals surface area (Å²) in [7, 11) is 0. The fourth-order valence-corrected chi connectivity index (χ4v) is 0.881. The van der Waals surface area contributed by atoms with E-state index in [-0.39, 0.29) is 36.9 Å². The molecule has 0 aliphatic rings. The van der Waals surface area contributed by atoms with Crippen LogP contribution in [0.3, 0.4) is 0 Å². The second kappa shape index (κ2) is 15.9. The molecule has 0 aromatic heterocycles. The summed E-state index contributed by atoms with van der Waals surface area (Å²) in [5.74, 6) is 0. The normalized spacial score (nSPS) is 8.14. The molecule has 0 unspecified atom stereocenters. The maximum Gasteiger partial charge on any atom is 0.0431 e. The number of aliphatic hydroxyl groups is 1. The van der Waals surface area contributed by atoms with E-state index < -0.39 is 0 Å². The number of hydrogen-bond donors (Lipinski definition) is 1. The van der Waals surface area contributed by atoms with Gasteiger partial charge in [0, 0.05) is 43.5 Å². The third kappa shape index (κ3) is 14.9. The molecule has 0 bridgehead atoms. The van der Waals surface area contributed by atoms with Gasteiger partial charge >= 0.3 is 0 Å². The molecule has 1 rings (SSSR count). The molecule has 14 heavy (non-hydrogen) atoms. The van der Waals surface area contributed by atoms with Gasteiger partial charge in [-0.15, -0.1) is 0 Å². The fraction of sp³-hybridized carbons (Fsp3) is 0.500.